The van der Waals surface area contributed by atoms with E-state index in [-0.39, 0.29) is 13.2 Å². The van der Waals surface area contributed by atoms with E-state index in [0.29, 0.717) is 5.02 Å². The Hall–Kier alpha value is -2.53. The number of carbonyl (C=O) groups excluding carboxylic acids is 2. The Morgan fingerprint density at radius 2 is 1.32 bits per heavy atom. The predicted octanol–water partition coefficient (Wildman–Crippen LogP) is 3.90. The molecule has 0 radical (unpaired) electrons. The first-order valence-electron chi connectivity index (χ1n) is 6.52. The van der Waals surface area contributed by atoms with Crippen LogP contribution in [0.3, 0.4) is 0 Å². The van der Waals surface area contributed by atoms with Gasteiger partial charge in [0.25, 0.3) is 0 Å². The van der Waals surface area contributed by atoms with Crippen LogP contribution in [0.25, 0.3) is 0 Å². The van der Waals surface area contributed by atoms with Crippen LogP contribution < -0.4 is 5.32 Å². The van der Waals surface area contributed by atoms with E-state index < -0.39 is 12.2 Å². The quantitative estimate of drug-likeness (QED) is 0.928. The number of hydrogen-bond acceptors (Lipinski definition) is 4. The molecule has 0 saturated heterocycles. The summed E-state index contributed by atoms with van der Waals surface area (Å²) in [6.45, 7) is 0.117. The summed E-state index contributed by atoms with van der Waals surface area (Å²) in [6.07, 6.45) is -1.72. The van der Waals surface area contributed by atoms with E-state index >= 15 is 0 Å². The van der Waals surface area contributed by atoms with Crippen molar-refractivity contribution < 1.29 is 19.1 Å². The van der Waals surface area contributed by atoms with E-state index in [1.807, 2.05) is 35.6 Å². The molecule has 0 spiro atoms. The van der Waals surface area contributed by atoms with E-state index in [4.69, 9.17) is 21.1 Å². The third-order valence-corrected chi connectivity index (χ3v) is 2.95. The maximum Gasteiger partial charge on any atom is 0.416 e. The molecule has 0 unspecified atom stereocenters. The lowest BCUT2D eigenvalue weighted by Crippen LogP contribution is -2.31. The van der Waals surface area contributed by atoms with Crippen LogP contribution in [-0.2, 0) is 22.7 Å². The van der Waals surface area contributed by atoms with Crippen LogP contribution in [-0.4, -0.2) is 12.2 Å². The van der Waals surface area contributed by atoms with Gasteiger partial charge in [0.2, 0.25) is 0 Å². The molecule has 6 heteroatoms. The van der Waals surface area contributed by atoms with Gasteiger partial charge in [0, 0.05) is 5.02 Å². The lowest BCUT2D eigenvalue weighted by atomic mass is 10.2. The highest BCUT2D eigenvalue weighted by Gasteiger charge is 2.10. The molecule has 0 atom stereocenters. The molecule has 0 heterocycles. The van der Waals surface area contributed by atoms with Gasteiger partial charge < -0.3 is 9.47 Å². The van der Waals surface area contributed by atoms with Crippen molar-refractivity contribution in [1.82, 2.24) is 5.32 Å². The molecule has 0 aliphatic heterocycles. The van der Waals surface area contributed by atoms with Gasteiger partial charge in [-0.3, -0.25) is 0 Å². The van der Waals surface area contributed by atoms with Crippen molar-refractivity contribution in [2.75, 3.05) is 0 Å². The fraction of sp³-hybridized carbons (Fsp3) is 0.125. The summed E-state index contributed by atoms with van der Waals surface area (Å²) in [5, 5.41) is 2.58. The Bertz CT molecular complexity index is 628. The molecule has 0 aliphatic rings. The Kier molecular flexibility index (Phi) is 5.80. The first-order chi connectivity index (χ1) is 10.6. The molecule has 0 aromatic heterocycles. The molecule has 0 fully saturated rings. The van der Waals surface area contributed by atoms with Crippen molar-refractivity contribution in [1.29, 1.82) is 0 Å². The summed E-state index contributed by atoms with van der Waals surface area (Å²) in [5.74, 6) is 0. The van der Waals surface area contributed by atoms with Gasteiger partial charge >= 0.3 is 12.2 Å². The third kappa shape index (κ3) is 5.46. The Balaban J connectivity index is 1.70. The summed E-state index contributed by atoms with van der Waals surface area (Å²) >= 11 is 5.75. The van der Waals surface area contributed by atoms with Crippen LogP contribution in [0, 0.1) is 0 Å². The summed E-state index contributed by atoms with van der Waals surface area (Å²) in [5.41, 5.74) is 1.59. The number of alkyl carbamates (subject to hydrolysis) is 2. The molecule has 114 valence electrons. The van der Waals surface area contributed by atoms with Crippen LogP contribution in [0.15, 0.2) is 54.6 Å². The van der Waals surface area contributed by atoms with Crippen LogP contribution in [0.5, 0.6) is 0 Å². The summed E-state index contributed by atoms with van der Waals surface area (Å²) in [6, 6.07) is 16.0. The van der Waals surface area contributed by atoms with Crippen LogP contribution >= 0.6 is 11.6 Å². The highest BCUT2D eigenvalue weighted by atomic mass is 35.5. The minimum absolute atomic E-state index is 0.0367. The van der Waals surface area contributed by atoms with Crippen molar-refractivity contribution in [3.8, 4) is 0 Å². The molecule has 0 aliphatic carbocycles. The lowest BCUT2D eigenvalue weighted by Gasteiger charge is -2.07. The minimum Gasteiger partial charge on any atom is -0.444 e. The van der Waals surface area contributed by atoms with E-state index in [1.165, 1.54) is 0 Å². The maximum atomic E-state index is 11.4. The van der Waals surface area contributed by atoms with Gasteiger partial charge in [-0.05, 0) is 23.3 Å². The van der Waals surface area contributed by atoms with Gasteiger partial charge in [-0.25, -0.2) is 14.9 Å². The first kappa shape index (κ1) is 15.9. The Morgan fingerprint density at radius 3 is 1.86 bits per heavy atom. The number of ether oxygens (including phenoxy) is 2. The fourth-order valence-corrected chi connectivity index (χ4v) is 1.73. The summed E-state index contributed by atoms with van der Waals surface area (Å²) in [7, 11) is 0. The molecular formula is C16H14ClNO4. The zero-order valence-electron chi connectivity index (χ0n) is 11.6. The van der Waals surface area contributed by atoms with Crippen molar-refractivity contribution >= 4 is 23.8 Å². The predicted molar refractivity (Wildman–Crippen MR) is 81.4 cm³/mol. The highest BCUT2D eigenvalue weighted by Crippen LogP contribution is 2.10. The first-order valence-corrected chi connectivity index (χ1v) is 6.90. The summed E-state index contributed by atoms with van der Waals surface area (Å²) < 4.78 is 9.79. The van der Waals surface area contributed by atoms with E-state index in [1.54, 1.807) is 24.3 Å². The molecule has 5 nitrogen and oxygen atoms in total. The number of carbonyl (C=O) groups is 2. The third-order valence-electron chi connectivity index (χ3n) is 2.70. The molecule has 1 N–H and O–H groups in total. The van der Waals surface area contributed by atoms with E-state index in [0.717, 1.165) is 11.1 Å². The van der Waals surface area contributed by atoms with Gasteiger partial charge in [-0.15, -0.1) is 0 Å². The summed E-state index contributed by atoms with van der Waals surface area (Å²) in [4.78, 5) is 22.9. The van der Waals surface area contributed by atoms with Gasteiger partial charge in [0.1, 0.15) is 13.2 Å². The molecule has 22 heavy (non-hydrogen) atoms. The highest BCUT2D eigenvalue weighted by molar-refractivity contribution is 6.30. The van der Waals surface area contributed by atoms with Crippen molar-refractivity contribution in [3.63, 3.8) is 0 Å². The molecular weight excluding hydrogens is 306 g/mol. The van der Waals surface area contributed by atoms with Crippen LogP contribution in [0.2, 0.25) is 5.02 Å². The van der Waals surface area contributed by atoms with E-state index in [9.17, 15) is 9.59 Å². The number of imide groups is 1. The normalized spacial score (nSPS) is 9.86. The zero-order chi connectivity index (χ0) is 15.8. The van der Waals surface area contributed by atoms with Gasteiger partial charge in [0.05, 0.1) is 0 Å². The smallest absolute Gasteiger partial charge is 0.416 e. The molecule has 2 amide bonds. The second-order valence-electron chi connectivity index (χ2n) is 4.39. The molecule has 0 bridgehead atoms. The number of amides is 2. The number of halogens is 1. The van der Waals surface area contributed by atoms with Crippen molar-refractivity contribution in [2.24, 2.45) is 0 Å². The second kappa shape index (κ2) is 8.05. The van der Waals surface area contributed by atoms with Gasteiger partial charge in [0.15, 0.2) is 0 Å². The van der Waals surface area contributed by atoms with E-state index in [2.05, 4.69) is 0 Å². The topological polar surface area (TPSA) is 64.6 Å². The van der Waals surface area contributed by atoms with Crippen molar-refractivity contribution in [3.05, 3.63) is 70.7 Å². The van der Waals surface area contributed by atoms with Crippen molar-refractivity contribution in [2.45, 2.75) is 13.2 Å². The second-order valence-corrected chi connectivity index (χ2v) is 4.83. The average Bonchev–Trinajstić information content (AvgIpc) is 2.53. The zero-order valence-corrected chi connectivity index (χ0v) is 12.4. The van der Waals surface area contributed by atoms with Crippen LogP contribution in [0.1, 0.15) is 11.1 Å². The standard InChI is InChI=1S/C16H14ClNO4/c17-14-8-6-13(7-9-14)11-22-16(20)18-15(19)21-10-12-4-2-1-3-5-12/h1-9H,10-11H2,(H,18,19,20). The Morgan fingerprint density at radius 1 is 0.818 bits per heavy atom. The maximum absolute atomic E-state index is 11.4. The Labute approximate surface area is 132 Å². The monoisotopic (exact) mass is 319 g/mol. The number of rotatable bonds is 4. The van der Waals surface area contributed by atoms with Gasteiger partial charge in [-0.1, -0.05) is 54.1 Å². The fourth-order valence-electron chi connectivity index (χ4n) is 1.61. The molecule has 0 saturated carbocycles. The number of nitrogens with one attached hydrogen (secondary N) is 1. The number of hydrogen-bond donors (Lipinski definition) is 1. The molecule has 2 aromatic rings. The minimum atomic E-state index is -0.868. The number of benzene rings is 2. The lowest BCUT2D eigenvalue weighted by molar-refractivity contribution is 0.117. The van der Waals surface area contributed by atoms with Gasteiger partial charge in [-0.2, -0.15) is 0 Å². The molecule has 2 aromatic carbocycles. The van der Waals surface area contributed by atoms with Crippen LogP contribution in [0.4, 0.5) is 9.59 Å². The average molecular weight is 320 g/mol. The largest absolute Gasteiger partial charge is 0.444 e. The SMILES string of the molecule is O=C(NC(=O)OCc1ccc(Cl)cc1)OCc1ccccc1. The molecule has 2 rings (SSSR count).